The molecule has 9 heteroatoms. The van der Waals surface area contributed by atoms with Crippen molar-refractivity contribution in [3.63, 3.8) is 0 Å². The minimum atomic E-state index is -1.26. The second kappa shape index (κ2) is 8.10. The number of anilines is 1. The molecule has 2 heterocycles. The van der Waals surface area contributed by atoms with E-state index in [4.69, 9.17) is 0 Å². The van der Waals surface area contributed by atoms with Crippen LogP contribution in [0.2, 0.25) is 0 Å². The second-order valence-electron chi connectivity index (χ2n) is 10.9. The summed E-state index contributed by atoms with van der Waals surface area (Å²) in [6.07, 6.45) is 7.15. The SMILES string of the molecule is CN(c1ccc(-c2c(O)cc(-c3cnn(C)c(=O)c3)c(F)c2F)nn1)[C@H]1C[C@]2(C)CC[C@](C)(C1)C2. The van der Waals surface area contributed by atoms with Crippen LogP contribution in [0.3, 0.4) is 0 Å². The summed E-state index contributed by atoms with van der Waals surface area (Å²) in [5.41, 5.74) is -0.346. The summed E-state index contributed by atoms with van der Waals surface area (Å²) in [5, 5.41) is 22.8. The van der Waals surface area contributed by atoms with Gasteiger partial charge in [0, 0.05) is 37.3 Å². The van der Waals surface area contributed by atoms with Gasteiger partial charge in [0.2, 0.25) is 0 Å². The molecule has 1 aromatic carbocycles. The zero-order valence-corrected chi connectivity index (χ0v) is 20.3. The first-order chi connectivity index (χ1) is 16.5. The van der Waals surface area contributed by atoms with Gasteiger partial charge < -0.3 is 10.0 Å². The smallest absolute Gasteiger partial charge is 0.267 e. The van der Waals surface area contributed by atoms with Crippen LogP contribution in [0.25, 0.3) is 22.4 Å². The summed E-state index contributed by atoms with van der Waals surface area (Å²) in [4.78, 5) is 14.0. The van der Waals surface area contributed by atoms with E-state index < -0.39 is 22.9 Å². The number of hydrogen-bond donors (Lipinski definition) is 1. The number of aryl methyl sites for hydroxylation is 1. The summed E-state index contributed by atoms with van der Waals surface area (Å²) < 4.78 is 31.1. The fourth-order valence-electron chi connectivity index (χ4n) is 6.16. The first kappa shape index (κ1) is 23.4. The fraction of sp³-hybridized carbons (Fsp3) is 0.462. The van der Waals surface area contributed by atoms with E-state index in [9.17, 15) is 14.3 Å². The number of aromatic hydroxyl groups is 1. The summed E-state index contributed by atoms with van der Waals surface area (Å²) in [6.45, 7) is 4.72. The van der Waals surface area contributed by atoms with Crippen molar-refractivity contribution in [1.82, 2.24) is 20.0 Å². The Labute approximate surface area is 202 Å². The van der Waals surface area contributed by atoms with Crippen LogP contribution in [-0.4, -0.2) is 38.2 Å². The molecule has 184 valence electrons. The average molecular weight is 482 g/mol. The van der Waals surface area contributed by atoms with Crippen molar-refractivity contribution < 1.29 is 13.9 Å². The van der Waals surface area contributed by atoms with Gasteiger partial charge in [0.05, 0.1) is 17.5 Å². The molecule has 2 aliphatic carbocycles. The molecule has 0 amide bonds. The lowest BCUT2D eigenvalue weighted by molar-refractivity contribution is 0.148. The molecule has 35 heavy (non-hydrogen) atoms. The maximum atomic E-state index is 15.1. The summed E-state index contributed by atoms with van der Waals surface area (Å²) >= 11 is 0. The molecular formula is C26H29F2N5O2. The maximum Gasteiger partial charge on any atom is 0.267 e. The highest BCUT2D eigenvalue weighted by atomic mass is 19.2. The molecule has 5 rings (SSSR count). The minimum absolute atomic E-state index is 0.0207. The predicted octanol–water partition coefficient (Wildman–Crippen LogP) is 4.68. The third-order valence-corrected chi connectivity index (χ3v) is 7.92. The Morgan fingerprint density at radius 1 is 1.09 bits per heavy atom. The number of benzene rings is 1. The maximum absolute atomic E-state index is 15.1. The highest BCUT2D eigenvalue weighted by Crippen LogP contribution is 2.58. The quantitative estimate of drug-likeness (QED) is 0.582. The largest absolute Gasteiger partial charge is 0.507 e. The van der Waals surface area contributed by atoms with Gasteiger partial charge in [-0.15, -0.1) is 10.2 Å². The molecular weight excluding hydrogens is 452 g/mol. The molecule has 7 nitrogen and oxygen atoms in total. The topological polar surface area (TPSA) is 84.1 Å². The Morgan fingerprint density at radius 3 is 2.37 bits per heavy atom. The van der Waals surface area contributed by atoms with Gasteiger partial charge in [-0.05, 0) is 61.1 Å². The van der Waals surface area contributed by atoms with E-state index in [-0.39, 0.29) is 22.4 Å². The highest BCUT2D eigenvalue weighted by Gasteiger charge is 2.50. The lowest BCUT2D eigenvalue weighted by atomic mass is 9.68. The number of rotatable bonds is 4. The Kier molecular flexibility index (Phi) is 5.41. The third kappa shape index (κ3) is 4.06. The van der Waals surface area contributed by atoms with Crippen LogP contribution in [0.4, 0.5) is 14.6 Å². The number of halogens is 2. The van der Waals surface area contributed by atoms with Gasteiger partial charge in [-0.1, -0.05) is 13.8 Å². The van der Waals surface area contributed by atoms with E-state index in [0.29, 0.717) is 22.7 Å². The van der Waals surface area contributed by atoms with Gasteiger partial charge >= 0.3 is 0 Å². The van der Waals surface area contributed by atoms with E-state index in [1.807, 2.05) is 7.05 Å². The number of aromatic nitrogens is 4. The Morgan fingerprint density at radius 2 is 1.77 bits per heavy atom. The van der Waals surface area contributed by atoms with Crippen molar-refractivity contribution >= 4 is 5.82 Å². The summed E-state index contributed by atoms with van der Waals surface area (Å²) in [5.74, 6) is -2.31. The number of fused-ring (bicyclic) bond motifs is 2. The molecule has 2 aromatic heterocycles. The van der Waals surface area contributed by atoms with Crippen LogP contribution in [0.15, 0.2) is 35.3 Å². The zero-order chi connectivity index (χ0) is 25.1. The van der Waals surface area contributed by atoms with Gasteiger partial charge in [0.1, 0.15) is 5.75 Å². The average Bonchev–Trinajstić information content (AvgIpc) is 3.04. The van der Waals surface area contributed by atoms with Gasteiger partial charge in [-0.25, -0.2) is 13.5 Å². The van der Waals surface area contributed by atoms with Crippen molar-refractivity contribution in [1.29, 1.82) is 0 Å². The van der Waals surface area contributed by atoms with Crippen LogP contribution in [0.1, 0.15) is 46.0 Å². The van der Waals surface area contributed by atoms with Crippen LogP contribution in [0.5, 0.6) is 5.75 Å². The number of nitrogens with zero attached hydrogens (tertiary/aromatic N) is 5. The van der Waals surface area contributed by atoms with E-state index >= 15 is 4.39 Å². The van der Waals surface area contributed by atoms with Crippen molar-refractivity contribution in [3.05, 3.63) is 52.5 Å². The number of phenols is 1. The third-order valence-electron chi connectivity index (χ3n) is 7.92. The highest BCUT2D eigenvalue weighted by molar-refractivity contribution is 5.75. The van der Waals surface area contributed by atoms with Crippen molar-refractivity contribution in [2.75, 3.05) is 11.9 Å². The molecule has 3 aromatic rings. The monoisotopic (exact) mass is 481 g/mol. The molecule has 2 aliphatic rings. The molecule has 0 spiro atoms. The number of hydrogen-bond acceptors (Lipinski definition) is 6. The molecule has 2 fully saturated rings. The molecule has 0 unspecified atom stereocenters. The zero-order valence-electron chi connectivity index (χ0n) is 20.3. The second-order valence-corrected chi connectivity index (χ2v) is 10.9. The van der Waals surface area contributed by atoms with E-state index in [1.54, 1.807) is 6.07 Å². The summed E-state index contributed by atoms with van der Waals surface area (Å²) in [6, 6.07) is 5.80. The van der Waals surface area contributed by atoms with Crippen LogP contribution in [-0.2, 0) is 7.05 Å². The van der Waals surface area contributed by atoms with Gasteiger partial charge in [0.25, 0.3) is 5.56 Å². The lowest BCUT2D eigenvalue weighted by Gasteiger charge is -2.44. The molecule has 1 N–H and O–H groups in total. The molecule has 0 aliphatic heterocycles. The first-order valence-electron chi connectivity index (χ1n) is 11.8. The molecule has 2 saturated carbocycles. The molecule has 0 radical (unpaired) electrons. The lowest BCUT2D eigenvalue weighted by Crippen LogP contribution is -2.42. The van der Waals surface area contributed by atoms with Crippen LogP contribution in [0, 0.1) is 22.5 Å². The van der Waals surface area contributed by atoms with E-state index in [2.05, 4.69) is 34.0 Å². The Bertz CT molecular complexity index is 1340. The van der Waals surface area contributed by atoms with Gasteiger partial charge in [0.15, 0.2) is 17.5 Å². The first-order valence-corrected chi connectivity index (χ1v) is 11.8. The molecule has 2 bridgehead atoms. The van der Waals surface area contributed by atoms with Crippen molar-refractivity contribution in [2.24, 2.45) is 17.9 Å². The normalized spacial score (nSPS) is 25.6. The number of phenolic OH excluding ortho intramolecular Hbond substituents is 1. The summed E-state index contributed by atoms with van der Waals surface area (Å²) in [7, 11) is 3.44. The van der Waals surface area contributed by atoms with Gasteiger partial charge in [-0.2, -0.15) is 5.10 Å². The fourth-order valence-corrected chi connectivity index (χ4v) is 6.16. The van der Waals surface area contributed by atoms with E-state index in [1.165, 1.54) is 38.6 Å². The van der Waals surface area contributed by atoms with Crippen LogP contribution >= 0.6 is 0 Å². The predicted molar refractivity (Wildman–Crippen MR) is 129 cm³/mol. The minimum Gasteiger partial charge on any atom is -0.507 e. The van der Waals surface area contributed by atoms with Gasteiger partial charge in [-0.3, -0.25) is 4.79 Å². The Balaban J connectivity index is 1.44. The molecule has 3 atom stereocenters. The van der Waals surface area contributed by atoms with E-state index in [0.717, 1.165) is 29.7 Å². The Hall–Kier alpha value is -3.36. The van der Waals surface area contributed by atoms with Crippen molar-refractivity contribution in [3.8, 4) is 28.1 Å². The standard InChI is InChI=1S/C26H29F2N5O2/c1-25-7-8-26(2,14-25)12-16(11-25)32(3)20-6-5-18(30-31-20)22-19(34)10-17(23(27)24(22)28)15-9-21(35)33(4)29-13-15/h5-6,9-10,13,16,34H,7-8,11-12,14H2,1-4H3/t16-,25-,26+. The van der Waals surface area contributed by atoms with Crippen LogP contribution < -0.4 is 10.5 Å². The molecule has 0 saturated heterocycles. The van der Waals surface area contributed by atoms with Crippen molar-refractivity contribution in [2.45, 2.75) is 52.0 Å².